The summed E-state index contributed by atoms with van der Waals surface area (Å²) < 4.78 is 12.7. The molecule has 0 aliphatic carbocycles. The van der Waals surface area contributed by atoms with Crippen LogP contribution in [0.2, 0.25) is 0 Å². The highest BCUT2D eigenvalue weighted by molar-refractivity contribution is 9.10. The average molecular weight is 340 g/mol. The maximum Gasteiger partial charge on any atom is 0.166 e. The van der Waals surface area contributed by atoms with Gasteiger partial charge in [0.25, 0.3) is 0 Å². The summed E-state index contributed by atoms with van der Waals surface area (Å²) in [5.74, 6) is 2.59. The van der Waals surface area contributed by atoms with Crippen molar-refractivity contribution in [1.29, 1.82) is 0 Å². The van der Waals surface area contributed by atoms with E-state index in [1.807, 2.05) is 0 Å². The molecule has 0 spiro atoms. The minimum absolute atomic E-state index is 0.240. The van der Waals surface area contributed by atoms with Gasteiger partial charge in [-0.1, -0.05) is 15.9 Å². The van der Waals surface area contributed by atoms with Crippen LogP contribution in [-0.2, 0) is 12.8 Å². The topological polar surface area (TPSA) is 30.5 Å². The van der Waals surface area contributed by atoms with Crippen molar-refractivity contribution in [3.8, 4) is 11.5 Å². The smallest absolute Gasteiger partial charge is 0.166 e. The van der Waals surface area contributed by atoms with E-state index in [0.29, 0.717) is 0 Å². The van der Waals surface area contributed by atoms with Crippen LogP contribution in [-0.4, -0.2) is 26.3 Å². The molecule has 1 aromatic rings. The first-order chi connectivity index (χ1) is 9.69. The first kappa shape index (κ1) is 14.2. The number of fused-ring (bicyclic) bond motifs is 1. The predicted octanol–water partition coefficient (Wildman–Crippen LogP) is 3.32. The third-order valence-electron chi connectivity index (χ3n) is 4.35. The Morgan fingerprint density at radius 2 is 2.15 bits per heavy atom. The Hall–Kier alpha value is -0.740. The van der Waals surface area contributed by atoms with E-state index in [2.05, 4.69) is 34.2 Å². The van der Waals surface area contributed by atoms with E-state index in [-0.39, 0.29) is 6.10 Å². The molecule has 2 heterocycles. The van der Waals surface area contributed by atoms with Crippen molar-refractivity contribution in [2.45, 2.75) is 38.7 Å². The molecule has 1 unspecified atom stereocenters. The van der Waals surface area contributed by atoms with Crippen molar-refractivity contribution in [2.24, 2.45) is 5.92 Å². The molecule has 0 amide bonds. The number of benzene rings is 1. The fourth-order valence-corrected chi connectivity index (χ4v) is 3.89. The second kappa shape index (κ2) is 5.94. The molecule has 4 heteroatoms. The van der Waals surface area contributed by atoms with E-state index in [4.69, 9.17) is 9.47 Å². The highest BCUT2D eigenvalue weighted by atomic mass is 79.9. The highest BCUT2D eigenvalue weighted by Gasteiger charge is 2.28. The summed E-state index contributed by atoms with van der Waals surface area (Å²) in [5.41, 5.74) is 2.64. The van der Waals surface area contributed by atoms with Gasteiger partial charge in [-0.25, -0.2) is 0 Å². The molecule has 1 N–H and O–H groups in total. The first-order valence-electron chi connectivity index (χ1n) is 7.44. The summed E-state index contributed by atoms with van der Waals surface area (Å²) in [5, 5.41) is 3.43. The lowest BCUT2D eigenvalue weighted by Gasteiger charge is -2.23. The Morgan fingerprint density at radius 1 is 1.40 bits per heavy atom. The lowest BCUT2D eigenvalue weighted by atomic mass is 9.90. The van der Waals surface area contributed by atoms with E-state index in [0.717, 1.165) is 43.3 Å². The molecular weight excluding hydrogens is 318 g/mol. The molecule has 2 aliphatic rings. The van der Waals surface area contributed by atoms with Crippen molar-refractivity contribution in [1.82, 2.24) is 5.32 Å². The normalized spacial score (nSPS) is 22.4. The summed E-state index contributed by atoms with van der Waals surface area (Å²) in [6.45, 7) is 4.40. The number of methoxy groups -OCH3 is 1. The van der Waals surface area contributed by atoms with E-state index in [1.54, 1.807) is 7.11 Å². The van der Waals surface area contributed by atoms with Crippen LogP contribution in [0.15, 0.2) is 10.5 Å². The van der Waals surface area contributed by atoms with Gasteiger partial charge in [0.2, 0.25) is 0 Å². The molecule has 20 heavy (non-hydrogen) atoms. The Bertz CT molecular complexity index is 498. The molecule has 1 aromatic carbocycles. The molecular formula is C16H22BrNO2. The van der Waals surface area contributed by atoms with E-state index in [1.165, 1.54) is 28.4 Å². The lowest BCUT2D eigenvalue weighted by molar-refractivity contribution is 0.243. The number of nitrogens with one attached hydrogen (secondary N) is 1. The lowest BCUT2D eigenvalue weighted by Crippen LogP contribution is -2.28. The van der Waals surface area contributed by atoms with Gasteiger partial charge in [0, 0.05) is 16.5 Å². The van der Waals surface area contributed by atoms with Crippen LogP contribution >= 0.6 is 15.9 Å². The van der Waals surface area contributed by atoms with Crippen LogP contribution in [0.1, 0.15) is 30.9 Å². The number of rotatable bonds is 3. The molecule has 0 bridgehead atoms. The van der Waals surface area contributed by atoms with Crippen molar-refractivity contribution >= 4 is 15.9 Å². The van der Waals surface area contributed by atoms with E-state index < -0.39 is 0 Å². The Labute approximate surface area is 129 Å². The molecule has 2 aliphatic heterocycles. The molecule has 1 fully saturated rings. The summed E-state index contributed by atoms with van der Waals surface area (Å²) in [7, 11) is 1.73. The average Bonchev–Trinajstić information content (AvgIpc) is 2.85. The van der Waals surface area contributed by atoms with Crippen molar-refractivity contribution < 1.29 is 9.47 Å². The van der Waals surface area contributed by atoms with Crippen LogP contribution in [0.4, 0.5) is 0 Å². The van der Waals surface area contributed by atoms with E-state index in [9.17, 15) is 0 Å². The summed E-state index contributed by atoms with van der Waals surface area (Å²) in [4.78, 5) is 0. The fourth-order valence-electron chi connectivity index (χ4n) is 3.27. The van der Waals surface area contributed by atoms with Gasteiger partial charge in [-0.3, -0.25) is 0 Å². The van der Waals surface area contributed by atoms with Gasteiger partial charge in [-0.2, -0.15) is 0 Å². The molecule has 110 valence electrons. The van der Waals surface area contributed by atoms with Crippen LogP contribution < -0.4 is 14.8 Å². The summed E-state index contributed by atoms with van der Waals surface area (Å²) in [6, 6.07) is 2.16. The van der Waals surface area contributed by atoms with Crippen LogP contribution in [0.5, 0.6) is 11.5 Å². The van der Waals surface area contributed by atoms with Gasteiger partial charge >= 0.3 is 0 Å². The zero-order valence-electron chi connectivity index (χ0n) is 12.2. The molecule has 0 saturated carbocycles. The van der Waals surface area contributed by atoms with Gasteiger partial charge in [0.15, 0.2) is 11.5 Å². The summed E-state index contributed by atoms with van der Waals surface area (Å²) >= 11 is 3.80. The maximum absolute atomic E-state index is 5.89. The monoisotopic (exact) mass is 339 g/mol. The highest BCUT2D eigenvalue weighted by Crippen LogP contribution is 2.44. The standard InChI is InChI=1S/C16H22BrNO2/c1-10-7-13-15(17)12(8-11-3-5-18-6-4-11)9-14(19-2)16(13)20-10/h9-11,18H,3-8H2,1-2H3. The second-order valence-electron chi connectivity index (χ2n) is 5.89. The van der Waals surface area contributed by atoms with Gasteiger partial charge in [0.05, 0.1) is 7.11 Å². The fraction of sp³-hybridized carbons (Fsp3) is 0.625. The van der Waals surface area contributed by atoms with Gasteiger partial charge in [-0.05, 0) is 56.8 Å². The largest absolute Gasteiger partial charge is 0.493 e. The quantitative estimate of drug-likeness (QED) is 0.916. The van der Waals surface area contributed by atoms with Crippen LogP contribution in [0.25, 0.3) is 0 Å². The number of hydrogen-bond acceptors (Lipinski definition) is 3. The Morgan fingerprint density at radius 3 is 2.85 bits per heavy atom. The Kier molecular flexibility index (Phi) is 4.22. The first-order valence-corrected chi connectivity index (χ1v) is 8.24. The summed E-state index contributed by atoms with van der Waals surface area (Å²) in [6.07, 6.45) is 4.86. The van der Waals surface area contributed by atoms with Crippen LogP contribution in [0.3, 0.4) is 0 Å². The van der Waals surface area contributed by atoms with Crippen molar-refractivity contribution in [3.05, 3.63) is 21.7 Å². The van der Waals surface area contributed by atoms with Gasteiger partial charge < -0.3 is 14.8 Å². The number of halogens is 1. The number of ether oxygens (including phenoxy) is 2. The van der Waals surface area contributed by atoms with Gasteiger partial charge in [-0.15, -0.1) is 0 Å². The number of hydrogen-bond donors (Lipinski definition) is 1. The molecule has 1 atom stereocenters. The van der Waals surface area contributed by atoms with Crippen molar-refractivity contribution in [2.75, 3.05) is 20.2 Å². The molecule has 3 nitrogen and oxygen atoms in total. The zero-order chi connectivity index (χ0) is 14.1. The molecule has 1 saturated heterocycles. The third-order valence-corrected chi connectivity index (χ3v) is 5.34. The Balaban J connectivity index is 1.89. The minimum Gasteiger partial charge on any atom is -0.493 e. The number of piperidine rings is 1. The minimum atomic E-state index is 0.240. The third kappa shape index (κ3) is 2.68. The van der Waals surface area contributed by atoms with Gasteiger partial charge in [0.1, 0.15) is 6.10 Å². The molecule has 3 rings (SSSR count). The van der Waals surface area contributed by atoms with Crippen molar-refractivity contribution in [3.63, 3.8) is 0 Å². The van der Waals surface area contributed by atoms with E-state index >= 15 is 0 Å². The SMILES string of the molecule is COc1cc(CC2CCNCC2)c(Br)c2c1OC(C)C2. The van der Waals surface area contributed by atoms with Crippen LogP contribution in [0, 0.1) is 5.92 Å². The maximum atomic E-state index is 5.89. The second-order valence-corrected chi connectivity index (χ2v) is 6.68. The predicted molar refractivity (Wildman–Crippen MR) is 83.8 cm³/mol. The zero-order valence-corrected chi connectivity index (χ0v) is 13.8. The molecule has 0 radical (unpaired) electrons. The molecule has 0 aromatic heterocycles.